The van der Waals surface area contributed by atoms with Gasteiger partial charge in [0.15, 0.2) is 0 Å². The van der Waals surface area contributed by atoms with Gasteiger partial charge < -0.3 is 10.1 Å². The van der Waals surface area contributed by atoms with E-state index in [-0.39, 0.29) is 17.9 Å². The van der Waals surface area contributed by atoms with E-state index in [1.807, 2.05) is 13.8 Å². The Bertz CT molecular complexity index is 398. The van der Waals surface area contributed by atoms with Gasteiger partial charge in [0, 0.05) is 12.1 Å². The van der Waals surface area contributed by atoms with E-state index in [0.29, 0.717) is 11.5 Å². The minimum absolute atomic E-state index is 0.0359. The second kappa shape index (κ2) is 6.19. The fourth-order valence-corrected chi connectivity index (χ4v) is 1.38. The van der Waals surface area contributed by atoms with Crippen molar-refractivity contribution in [3.8, 4) is 0 Å². The van der Waals surface area contributed by atoms with E-state index in [0.717, 1.165) is 0 Å². The Labute approximate surface area is 108 Å². The van der Waals surface area contributed by atoms with Crippen molar-refractivity contribution < 1.29 is 17.9 Å². The van der Waals surface area contributed by atoms with Crippen LogP contribution in [0.25, 0.3) is 0 Å². The number of anilines is 1. The van der Waals surface area contributed by atoms with Crippen molar-refractivity contribution in [2.45, 2.75) is 32.7 Å². The van der Waals surface area contributed by atoms with Crippen molar-refractivity contribution in [2.24, 2.45) is 0 Å². The highest BCUT2D eigenvalue weighted by molar-refractivity contribution is 6.28. The molecule has 0 radical (unpaired) electrons. The number of nitrogens with zero attached hydrogens (tertiary/aromatic N) is 2. The third kappa shape index (κ3) is 6.02. The molecule has 0 saturated heterocycles. The third-order valence-corrected chi connectivity index (χ3v) is 1.87. The van der Waals surface area contributed by atoms with E-state index < -0.39 is 12.8 Å². The fourth-order valence-electron chi connectivity index (χ4n) is 1.18. The summed E-state index contributed by atoms with van der Waals surface area (Å²) in [4.78, 5) is 7.68. The van der Waals surface area contributed by atoms with Crippen LogP contribution >= 0.6 is 11.6 Å². The highest BCUT2D eigenvalue weighted by Crippen LogP contribution is 2.17. The van der Waals surface area contributed by atoms with Gasteiger partial charge in [0.2, 0.25) is 5.28 Å². The maximum absolute atomic E-state index is 11.9. The number of rotatable bonds is 5. The normalized spacial score (nSPS) is 11.9. The van der Waals surface area contributed by atoms with Crippen LogP contribution in [-0.4, -0.2) is 28.8 Å². The molecule has 0 aliphatic rings. The molecular formula is C10H13ClF3N3O. The average molecular weight is 284 g/mol. The number of ether oxygens (including phenoxy) is 1. The van der Waals surface area contributed by atoms with Crippen molar-refractivity contribution in [1.82, 2.24) is 9.97 Å². The van der Waals surface area contributed by atoms with Crippen LogP contribution in [-0.2, 0) is 11.3 Å². The van der Waals surface area contributed by atoms with Gasteiger partial charge in [-0.15, -0.1) is 0 Å². The molecule has 0 spiro atoms. The first-order valence-electron chi connectivity index (χ1n) is 5.21. The van der Waals surface area contributed by atoms with E-state index in [1.54, 1.807) is 0 Å². The van der Waals surface area contributed by atoms with Crippen LogP contribution < -0.4 is 5.32 Å². The number of hydrogen-bond donors (Lipinski definition) is 1. The zero-order valence-corrected chi connectivity index (χ0v) is 10.6. The lowest BCUT2D eigenvalue weighted by Crippen LogP contribution is -2.17. The molecule has 1 N–H and O–H groups in total. The van der Waals surface area contributed by atoms with Gasteiger partial charge in [0.05, 0.1) is 12.3 Å². The Morgan fingerprint density at radius 3 is 2.61 bits per heavy atom. The molecule has 1 heterocycles. The van der Waals surface area contributed by atoms with E-state index in [4.69, 9.17) is 11.6 Å². The summed E-state index contributed by atoms with van der Waals surface area (Å²) in [6.45, 7) is 2.21. The highest BCUT2D eigenvalue weighted by Gasteiger charge is 2.27. The number of aromatic nitrogens is 2. The number of nitrogens with one attached hydrogen (secondary N) is 1. The standard InChI is InChI=1S/C10H13ClF3N3O/c1-6(2)15-8-3-7(16-9(11)17-8)4-18-5-10(12,13)14/h3,6H,4-5H2,1-2H3,(H,15,16,17). The molecule has 4 nitrogen and oxygen atoms in total. The molecule has 0 aliphatic carbocycles. The molecule has 1 rings (SSSR count). The lowest BCUT2D eigenvalue weighted by Gasteiger charge is -2.11. The molecule has 0 aromatic carbocycles. The molecule has 8 heteroatoms. The van der Waals surface area contributed by atoms with Crippen LogP contribution in [0.5, 0.6) is 0 Å². The number of hydrogen-bond acceptors (Lipinski definition) is 4. The van der Waals surface area contributed by atoms with E-state index in [1.165, 1.54) is 6.07 Å². The van der Waals surface area contributed by atoms with Gasteiger partial charge in [0.1, 0.15) is 12.4 Å². The van der Waals surface area contributed by atoms with Gasteiger partial charge in [-0.2, -0.15) is 13.2 Å². The summed E-state index contributed by atoms with van der Waals surface area (Å²) in [6.07, 6.45) is -4.35. The zero-order valence-electron chi connectivity index (χ0n) is 9.88. The minimum atomic E-state index is -4.35. The van der Waals surface area contributed by atoms with Gasteiger partial charge >= 0.3 is 6.18 Å². The Hall–Kier alpha value is -1.08. The van der Waals surface area contributed by atoms with Crippen LogP contribution in [0.4, 0.5) is 19.0 Å². The maximum Gasteiger partial charge on any atom is 0.411 e. The Morgan fingerprint density at radius 2 is 2.06 bits per heavy atom. The first kappa shape index (κ1) is 15.0. The van der Waals surface area contributed by atoms with Crippen molar-refractivity contribution in [2.75, 3.05) is 11.9 Å². The lowest BCUT2D eigenvalue weighted by atomic mass is 10.3. The molecule has 0 amide bonds. The molecule has 102 valence electrons. The van der Waals surface area contributed by atoms with Gasteiger partial charge in [-0.05, 0) is 25.4 Å². The van der Waals surface area contributed by atoms with Crippen LogP contribution in [0.2, 0.25) is 5.28 Å². The van der Waals surface area contributed by atoms with Gasteiger partial charge in [-0.25, -0.2) is 9.97 Å². The largest absolute Gasteiger partial charge is 0.411 e. The van der Waals surface area contributed by atoms with Crippen molar-refractivity contribution >= 4 is 17.4 Å². The van der Waals surface area contributed by atoms with Crippen LogP contribution in [0.15, 0.2) is 6.07 Å². The summed E-state index contributed by atoms with van der Waals surface area (Å²) in [5.74, 6) is 0.454. The summed E-state index contributed by atoms with van der Waals surface area (Å²) in [5.41, 5.74) is 0.294. The van der Waals surface area contributed by atoms with Crippen LogP contribution in [0.1, 0.15) is 19.5 Å². The van der Waals surface area contributed by atoms with Gasteiger partial charge in [-0.1, -0.05) is 0 Å². The second-order valence-electron chi connectivity index (χ2n) is 3.92. The third-order valence-electron chi connectivity index (χ3n) is 1.70. The molecular weight excluding hydrogens is 271 g/mol. The summed E-state index contributed by atoms with van der Waals surface area (Å²) in [5, 5.41) is 2.94. The van der Waals surface area contributed by atoms with Crippen LogP contribution in [0.3, 0.4) is 0 Å². The Morgan fingerprint density at radius 1 is 1.39 bits per heavy atom. The van der Waals surface area contributed by atoms with Gasteiger partial charge in [-0.3, -0.25) is 0 Å². The quantitative estimate of drug-likeness (QED) is 0.844. The molecule has 0 saturated carbocycles. The van der Waals surface area contributed by atoms with E-state index in [9.17, 15) is 13.2 Å². The molecule has 0 aliphatic heterocycles. The summed E-state index contributed by atoms with van der Waals surface area (Å²) >= 11 is 5.66. The monoisotopic (exact) mass is 283 g/mol. The van der Waals surface area contributed by atoms with Gasteiger partial charge in [0.25, 0.3) is 0 Å². The Balaban J connectivity index is 2.62. The molecule has 1 aromatic heterocycles. The minimum Gasteiger partial charge on any atom is -0.368 e. The molecule has 0 bridgehead atoms. The summed E-state index contributed by atoms with van der Waals surface area (Å²) in [6, 6.07) is 1.63. The molecule has 0 fully saturated rings. The predicted octanol–water partition coefficient (Wildman–Crippen LogP) is 3.03. The maximum atomic E-state index is 11.9. The van der Waals surface area contributed by atoms with Crippen molar-refractivity contribution in [1.29, 1.82) is 0 Å². The molecule has 0 unspecified atom stereocenters. The Kier molecular flexibility index (Phi) is 5.15. The second-order valence-corrected chi connectivity index (χ2v) is 4.26. The number of alkyl halides is 3. The summed E-state index contributed by atoms with van der Waals surface area (Å²) < 4.78 is 40.2. The lowest BCUT2D eigenvalue weighted by molar-refractivity contribution is -0.176. The topological polar surface area (TPSA) is 47.0 Å². The first-order valence-corrected chi connectivity index (χ1v) is 5.58. The SMILES string of the molecule is CC(C)Nc1cc(COCC(F)(F)F)nc(Cl)n1. The first-order chi connectivity index (χ1) is 8.26. The smallest absolute Gasteiger partial charge is 0.368 e. The predicted molar refractivity (Wildman–Crippen MR) is 61.5 cm³/mol. The molecule has 0 atom stereocenters. The zero-order chi connectivity index (χ0) is 13.8. The average Bonchev–Trinajstić information content (AvgIpc) is 2.12. The van der Waals surface area contributed by atoms with E-state index in [2.05, 4.69) is 20.0 Å². The van der Waals surface area contributed by atoms with E-state index >= 15 is 0 Å². The molecule has 18 heavy (non-hydrogen) atoms. The molecule has 1 aromatic rings. The summed E-state index contributed by atoms with van der Waals surface area (Å²) in [7, 11) is 0. The van der Waals surface area contributed by atoms with Crippen molar-refractivity contribution in [3.63, 3.8) is 0 Å². The highest BCUT2D eigenvalue weighted by atomic mass is 35.5. The fraction of sp³-hybridized carbons (Fsp3) is 0.600. The number of halogens is 4. The van der Waals surface area contributed by atoms with Crippen molar-refractivity contribution in [3.05, 3.63) is 17.0 Å². The van der Waals surface area contributed by atoms with Crippen LogP contribution in [0, 0.1) is 0 Å².